The fourth-order valence-corrected chi connectivity index (χ4v) is 5.15. The van der Waals surface area contributed by atoms with E-state index in [9.17, 15) is 31.1 Å². The van der Waals surface area contributed by atoms with Gasteiger partial charge in [-0.25, -0.2) is 17.5 Å². The number of aromatic nitrogens is 2. The lowest BCUT2D eigenvalue weighted by atomic mass is 9.99. The van der Waals surface area contributed by atoms with Gasteiger partial charge in [0.2, 0.25) is 10.0 Å². The number of fused-ring (bicyclic) bond motifs is 1. The number of alkyl halides is 3. The van der Waals surface area contributed by atoms with E-state index in [4.69, 9.17) is 0 Å². The molecule has 0 aliphatic carbocycles. The summed E-state index contributed by atoms with van der Waals surface area (Å²) in [5.74, 6) is -2.86. The van der Waals surface area contributed by atoms with Gasteiger partial charge in [0.05, 0.1) is 29.2 Å². The molecule has 0 radical (unpaired) electrons. The van der Waals surface area contributed by atoms with Crippen LogP contribution in [0.3, 0.4) is 0 Å². The highest BCUT2D eigenvalue weighted by Gasteiger charge is 2.38. The molecule has 1 aliphatic heterocycles. The Morgan fingerprint density at radius 3 is 2.39 bits per heavy atom. The van der Waals surface area contributed by atoms with Crippen LogP contribution < -0.4 is 4.90 Å². The zero-order valence-corrected chi connectivity index (χ0v) is 18.9. The van der Waals surface area contributed by atoms with Crippen LogP contribution >= 0.6 is 0 Å². The Morgan fingerprint density at radius 1 is 1.09 bits per heavy atom. The molecule has 0 amide bonds. The lowest BCUT2D eigenvalue weighted by Gasteiger charge is -2.47. The monoisotopic (exact) mass is 486 g/mol. The van der Waals surface area contributed by atoms with Crippen molar-refractivity contribution in [1.82, 2.24) is 14.1 Å². The van der Waals surface area contributed by atoms with E-state index in [1.807, 2.05) is 19.9 Å². The van der Waals surface area contributed by atoms with Crippen LogP contribution in [0.25, 0.3) is 16.6 Å². The van der Waals surface area contributed by atoms with Gasteiger partial charge < -0.3 is 10.0 Å². The molecule has 0 spiro atoms. The summed E-state index contributed by atoms with van der Waals surface area (Å²) in [4.78, 5) is 2.07. The molecule has 178 valence electrons. The van der Waals surface area contributed by atoms with E-state index in [-0.39, 0.29) is 5.69 Å². The Labute approximate surface area is 187 Å². The van der Waals surface area contributed by atoms with E-state index in [1.165, 1.54) is 21.4 Å². The molecular weight excluding hydrogens is 464 g/mol. The Morgan fingerprint density at radius 2 is 1.79 bits per heavy atom. The quantitative estimate of drug-likeness (QED) is 0.571. The fourth-order valence-electron chi connectivity index (χ4n) is 4.19. The van der Waals surface area contributed by atoms with Crippen molar-refractivity contribution in [2.75, 3.05) is 30.8 Å². The largest absolute Gasteiger partial charge is 0.505 e. The molecule has 0 saturated carbocycles. The topological polar surface area (TPSA) is 78.7 Å². The number of anilines is 1. The van der Waals surface area contributed by atoms with Gasteiger partial charge in [-0.2, -0.15) is 22.6 Å². The van der Waals surface area contributed by atoms with Crippen LogP contribution in [0, 0.1) is 5.82 Å². The predicted molar refractivity (Wildman–Crippen MR) is 116 cm³/mol. The van der Waals surface area contributed by atoms with E-state index in [2.05, 4.69) is 10.00 Å². The number of phenols is 1. The maximum Gasteiger partial charge on any atom is 0.419 e. The predicted octanol–water partition coefficient (Wildman–Crippen LogP) is 3.75. The molecule has 1 aromatic heterocycles. The van der Waals surface area contributed by atoms with E-state index >= 15 is 0 Å². The minimum Gasteiger partial charge on any atom is -0.505 e. The molecule has 0 bridgehead atoms. The normalized spacial score (nSPS) is 17.6. The van der Waals surface area contributed by atoms with E-state index in [0.29, 0.717) is 36.6 Å². The van der Waals surface area contributed by atoms with Crippen molar-refractivity contribution in [3.05, 3.63) is 47.9 Å². The van der Waals surface area contributed by atoms with E-state index in [0.717, 1.165) is 11.8 Å². The summed E-state index contributed by atoms with van der Waals surface area (Å²) in [6.07, 6.45) is -2.34. The summed E-state index contributed by atoms with van der Waals surface area (Å²) >= 11 is 0. The van der Waals surface area contributed by atoms with Gasteiger partial charge in [0.1, 0.15) is 0 Å². The average molecular weight is 486 g/mol. The second kappa shape index (κ2) is 7.59. The van der Waals surface area contributed by atoms with Gasteiger partial charge in [0.25, 0.3) is 0 Å². The van der Waals surface area contributed by atoms with Crippen molar-refractivity contribution in [2.45, 2.75) is 25.6 Å². The number of phenolic OH excluding ortho intramolecular Hbond substituents is 1. The highest BCUT2D eigenvalue weighted by atomic mass is 32.2. The lowest BCUT2D eigenvalue weighted by Crippen LogP contribution is -2.60. The van der Waals surface area contributed by atoms with Gasteiger partial charge in [0.15, 0.2) is 11.6 Å². The third kappa shape index (κ3) is 4.24. The van der Waals surface area contributed by atoms with Crippen LogP contribution in [0.15, 0.2) is 36.5 Å². The van der Waals surface area contributed by atoms with Crippen LogP contribution in [-0.2, 0) is 16.2 Å². The first-order valence-corrected chi connectivity index (χ1v) is 11.8. The maximum absolute atomic E-state index is 13.8. The van der Waals surface area contributed by atoms with Crippen LogP contribution in [0.2, 0.25) is 0 Å². The van der Waals surface area contributed by atoms with Gasteiger partial charge in [-0.15, -0.1) is 0 Å². The number of benzene rings is 2. The molecule has 1 fully saturated rings. The Hall–Kier alpha value is -2.86. The molecule has 2 heterocycles. The van der Waals surface area contributed by atoms with Gasteiger partial charge in [-0.1, -0.05) is 0 Å². The van der Waals surface area contributed by atoms with Gasteiger partial charge in [0, 0.05) is 42.3 Å². The zero-order chi connectivity index (χ0) is 24.3. The Bertz CT molecular complexity index is 1340. The first-order valence-electron chi connectivity index (χ1n) is 9.99. The average Bonchev–Trinajstić information content (AvgIpc) is 3.10. The third-order valence-electron chi connectivity index (χ3n) is 5.79. The van der Waals surface area contributed by atoms with Crippen molar-refractivity contribution in [3.63, 3.8) is 0 Å². The number of halogens is 4. The smallest absolute Gasteiger partial charge is 0.419 e. The second-order valence-electron chi connectivity index (χ2n) is 8.68. The SMILES string of the molecule is CC1(C)CN(S(C)(=O)=O)CCN1c1ccc2c(cnn2-c2cc(O)c(F)c(C(F)(F)F)c2)c1. The van der Waals surface area contributed by atoms with Gasteiger partial charge >= 0.3 is 6.18 Å². The molecule has 2 aromatic carbocycles. The number of rotatable bonds is 3. The molecule has 0 unspecified atom stereocenters. The molecule has 7 nitrogen and oxygen atoms in total. The maximum atomic E-state index is 13.8. The standard InChI is InChI=1S/C21H22F4N4O3S/c1-20(2)12-27(33(3,31)32)6-7-28(20)14-4-5-17-13(8-14)11-26-29(17)15-9-16(21(23,24)25)19(22)18(30)10-15/h4-5,8-11,30H,6-7,12H2,1-3H3. The summed E-state index contributed by atoms with van der Waals surface area (Å²) in [5, 5.41) is 14.4. The molecule has 3 aromatic rings. The van der Waals surface area contributed by atoms with Crippen molar-refractivity contribution < 1.29 is 31.1 Å². The van der Waals surface area contributed by atoms with E-state index < -0.39 is 38.9 Å². The highest BCUT2D eigenvalue weighted by molar-refractivity contribution is 7.88. The zero-order valence-electron chi connectivity index (χ0n) is 18.1. The summed E-state index contributed by atoms with van der Waals surface area (Å²) in [5.41, 5.74) is -0.951. The van der Waals surface area contributed by atoms with Gasteiger partial charge in [-0.3, -0.25) is 0 Å². The molecule has 12 heteroatoms. The third-order valence-corrected chi connectivity index (χ3v) is 7.04. The molecule has 1 N–H and O–H groups in total. The van der Waals surface area contributed by atoms with E-state index in [1.54, 1.807) is 12.1 Å². The number of sulfonamides is 1. The van der Waals surface area contributed by atoms with Crippen LogP contribution in [-0.4, -0.2) is 59.0 Å². The molecule has 1 aliphatic rings. The van der Waals surface area contributed by atoms with Crippen LogP contribution in [0.1, 0.15) is 19.4 Å². The fraction of sp³-hybridized carbons (Fsp3) is 0.381. The van der Waals surface area contributed by atoms with Crippen LogP contribution in [0.4, 0.5) is 23.2 Å². The van der Waals surface area contributed by atoms with Crippen molar-refractivity contribution in [2.24, 2.45) is 0 Å². The summed E-state index contributed by atoms with van der Waals surface area (Å²) in [7, 11) is -3.32. The summed E-state index contributed by atoms with van der Waals surface area (Å²) in [6, 6.07) is 6.74. The molecule has 4 rings (SSSR count). The lowest BCUT2D eigenvalue weighted by molar-refractivity contribution is -0.140. The summed E-state index contributed by atoms with van der Waals surface area (Å²) < 4.78 is 79.8. The number of aromatic hydroxyl groups is 1. The minimum absolute atomic E-state index is 0.133. The number of nitrogens with zero attached hydrogens (tertiary/aromatic N) is 4. The molecule has 33 heavy (non-hydrogen) atoms. The molecular formula is C21H22F4N4O3S. The van der Waals surface area contributed by atoms with Crippen molar-refractivity contribution in [1.29, 1.82) is 0 Å². The number of hydrogen-bond donors (Lipinski definition) is 1. The molecule has 0 atom stereocenters. The Balaban J connectivity index is 1.72. The first-order chi connectivity index (χ1) is 15.2. The Kier molecular flexibility index (Phi) is 5.36. The first kappa shape index (κ1) is 23.3. The molecule has 1 saturated heterocycles. The highest BCUT2D eigenvalue weighted by Crippen LogP contribution is 2.37. The van der Waals surface area contributed by atoms with Gasteiger partial charge in [-0.05, 0) is 38.1 Å². The van der Waals surface area contributed by atoms with Crippen LogP contribution in [0.5, 0.6) is 5.75 Å². The minimum atomic E-state index is -4.98. The summed E-state index contributed by atoms with van der Waals surface area (Å²) in [6.45, 7) is 4.95. The van der Waals surface area contributed by atoms with Crippen molar-refractivity contribution >= 4 is 26.6 Å². The second-order valence-corrected chi connectivity index (χ2v) is 10.7. The number of piperazine rings is 1. The van der Waals surface area contributed by atoms with Crippen molar-refractivity contribution in [3.8, 4) is 11.4 Å². The number of hydrogen-bond acceptors (Lipinski definition) is 5.